The van der Waals surface area contributed by atoms with Crippen molar-refractivity contribution in [3.05, 3.63) is 13.2 Å². The molecule has 0 rings (SSSR count). The zero-order valence-corrected chi connectivity index (χ0v) is 11.0. The number of hydrogen-bond donors (Lipinski definition) is 2. The van der Waals surface area contributed by atoms with Crippen molar-refractivity contribution in [2.75, 3.05) is 0 Å². The molecule has 0 spiro atoms. The SMILES string of the molecule is C=C.NC(=S)[S-].NC(=S)[S-].[Cu+].[Cu+]. The maximum Gasteiger partial charge on any atom is 1.00 e. The van der Waals surface area contributed by atoms with E-state index >= 15 is 0 Å². The van der Waals surface area contributed by atoms with E-state index in [1.165, 1.54) is 0 Å². The van der Waals surface area contributed by atoms with E-state index in [-0.39, 0.29) is 42.8 Å². The molecule has 2 nitrogen and oxygen atoms in total. The van der Waals surface area contributed by atoms with Crippen LogP contribution in [0.4, 0.5) is 0 Å². The molecule has 8 heteroatoms. The Balaban J connectivity index is -0.0000000198. The van der Waals surface area contributed by atoms with Crippen LogP contribution in [-0.2, 0) is 59.4 Å². The van der Waals surface area contributed by atoms with Crippen LogP contribution in [0.1, 0.15) is 0 Å². The Hall–Kier alpha value is 0.999. The van der Waals surface area contributed by atoms with Crippen molar-refractivity contribution in [1.29, 1.82) is 0 Å². The van der Waals surface area contributed by atoms with Gasteiger partial charge in [0.15, 0.2) is 0 Å². The van der Waals surface area contributed by atoms with Crippen LogP contribution in [-0.4, -0.2) is 8.64 Å². The number of hydrogen-bond acceptors (Lipinski definition) is 4. The maximum atomic E-state index is 4.66. The maximum absolute atomic E-state index is 4.66. The summed E-state index contributed by atoms with van der Waals surface area (Å²) in [5, 5.41) is 0. The summed E-state index contributed by atoms with van der Waals surface area (Å²) < 4.78 is 0.167. The van der Waals surface area contributed by atoms with E-state index in [1.54, 1.807) is 0 Å². The Morgan fingerprint density at radius 3 is 0.917 bits per heavy atom. The molecule has 0 heterocycles. The van der Waals surface area contributed by atoms with Crippen molar-refractivity contribution in [3.8, 4) is 0 Å². The van der Waals surface area contributed by atoms with E-state index in [0.29, 0.717) is 0 Å². The van der Waals surface area contributed by atoms with Crippen LogP contribution in [0.25, 0.3) is 0 Å². The Morgan fingerprint density at radius 1 is 0.917 bits per heavy atom. The van der Waals surface area contributed by atoms with Crippen molar-refractivity contribution in [2.24, 2.45) is 11.5 Å². The zero-order valence-electron chi connectivity index (χ0n) is 5.80. The third-order valence-electron chi connectivity index (χ3n) is 0. The molecule has 0 atom stereocenters. The molecular weight excluding hydrogens is 331 g/mol. The Bertz CT molecular complexity index is 91.2. The predicted octanol–water partition coefficient (Wildman–Crippen LogP) is 0.351. The quantitative estimate of drug-likeness (QED) is 0.288. The summed E-state index contributed by atoms with van der Waals surface area (Å²) in [5.74, 6) is 0. The van der Waals surface area contributed by atoms with Gasteiger partial charge in [-0.3, -0.25) is 0 Å². The normalized spacial score (nSPS) is 4.33. The third-order valence-corrected chi connectivity index (χ3v) is 0. The molecule has 0 aliphatic heterocycles. The number of nitrogens with two attached hydrogens (primary N) is 2. The van der Waals surface area contributed by atoms with Gasteiger partial charge in [-0.25, -0.2) is 0 Å². The molecule has 80 valence electrons. The molecule has 0 aromatic rings. The second-order valence-corrected chi connectivity index (χ2v) is 2.91. The van der Waals surface area contributed by atoms with Crippen molar-refractivity contribution in [1.82, 2.24) is 0 Å². The zero-order chi connectivity index (χ0) is 9.15. The summed E-state index contributed by atoms with van der Waals surface area (Å²) in [6.45, 7) is 6.00. The van der Waals surface area contributed by atoms with Crippen LogP contribution in [0.5, 0.6) is 0 Å². The molecule has 0 fully saturated rings. The number of thiocarbonyl (C=S) groups is 2. The molecule has 0 aromatic carbocycles. The molecule has 0 aromatic heterocycles. The van der Waals surface area contributed by atoms with Gasteiger partial charge in [0, 0.05) is 0 Å². The summed E-state index contributed by atoms with van der Waals surface area (Å²) >= 11 is 16.5. The van der Waals surface area contributed by atoms with Gasteiger partial charge in [-0.1, -0.05) is 8.64 Å². The average Bonchev–Trinajstić information content (AvgIpc) is 1.66. The summed E-state index contributed by atoms with van der Waals surface area (Å²) in [6, 6.07) is 0. The van der Waals surface area contributed by atoms with E-state index in [9.17, 15) is 0 Å². The first-order valence-corrected chi connectivity index (χ1v) is 3.53. The van der Waals surface area contributed by atoms with Gasteiger partial charge >= 0.3 is 34.1 Å². The van der Waals surface area contributed by atoms with E-state index in [4.69, 9.17) is 0 Å². The molecule has 0 saturated carbocycles. The number of rotatable bonds is 0. The van der Waals surface area contributed by atoms with Crippen LogP contribution in [0.3, 0.4) is 0 Å². The topological polar surface area (TPSA) is 52.0 Å². The van der Waals surface area contributed by atoms with Crippen LogP contribution in [0.15, 0.2) is 13.2 Å². The molecule has 12 heavy (non-hydrogen) atoms. The Morgan fingerprint density at radius 2 is 0.917 bits per heavy atom. The van der Waals surface area contributed by atoms with E-state index in [1.807, 2.05) is 0 Å². The molecule has 0 unspecified atom stereocenters. The predicted molar refractivity (Wildman–Crippen MR) is 59.6 cm³/mol. The summed E-state index contributed by atoms with van der Waals surface area (Å²) in [7, 11) is 0. The van der Waals surface area contributed by atoms with E-state index < -0.39 is 0 Å². The van der Waals surface area contributed by atoms with Gasteiger partial charge in [0.05, 0.1) is 0 Å². The minimum Gasteiger partial charge on any atom is -0.415 e. The minimum absolute atomic E-state index is 0. The van der Waals surface area contributed by atoms with Gasteiger partial charge in [-0.15, -0.1) is 13.2 Å². The van der Waals surface area contributed by atoms with Crippen molar-refractivity contribution in [2.45, 2.75) is 0 Å². The van der Waals surface area contributed by atoms with E-state index in [2.05, 4.69) is 74.3 Å². The van der Waals surface area contributed by atoms with Crippen molar-refractivity contribution in [3.63, 3.8) is 0 Å². The molecule has 0 aliphatic carbocycles. The molecule has 0 radical (unpaired) electrons. The third kappa shape index (κ3) is 1100. The van der Waals surface area contributed by atoms with Crippen LogP contribution in [0.2, 0.25) is 0 Å². The molecule has 0 amide bonds. The molecule has 0 bridgehead atoms. The van der Waals surface area contributed by atoms with Crippen molar-refractivity contribution >= 4 is 58.3 Å². The first kappa shape index (κ1) is 29.3. The van der Waals surface area contributed by atoms with Gasteiger partial charge in [0.25, 0.3) is 0 Å². The van der Waals surface area contributed by atoms with Crippen LogP contribution in [0, 0.1) is 0 Å². The fourth-order valence-electron chi connectivity index (χ4n) is 0. The monoisotopic (exact) mass is 338 g/mol. The molecule has 4 N–H and O–H groups in total. The molecular formula is C4H8Cu2N2S4. The van der Waals surface area contributed by atoms with Crippen LogP contribution >= 0.6 is 24.4 Å². The average molecular weight is 339 g/mol. The van der Waals surface area contributed by atoms with Gasteiger partial charge in [-0.05, 0) is 0 Å². The fraction of sp³-hybridized carbons (Fsp3) is 0. The molecule has 0 saturated heterocycles. The van der Waals surface area contributed by atoms with Crippen molar-refractivity contribution < 1.29 is 34.1 Å². The van der Waals surface area contributed by atoms with E-state index in [0.717, 1.165) is 0 Å². The summed E-state index contributed by atoms with van der Waals surface area (Å²) in [5.41, 5.74) is 9.31. The standard InChI is InChI=1S/C2H4.2CH3NS2.2Cu/c1-2;2*2-1(3)4;;/h1-2H2;2*(H3,2,3,4);;/q;;;2*+1/p-2. The van der Waals surface area contributed by atoms with Crippen LogP contribution < -0.4 is 11.5 Å². The first-order valence-electron chi connectivity index (χ1n) is 1.89. The largest absolute Gasteiger partial charge is 1.00 e. The Labute approximate surface area is 116 Å². The smallest absolute Gasteiger partial charge is 0.415 e. The van der Waals surface area contributed by atoms with Gasteiger partial charge in [-0.2, -0.15) is 0 Å². The second kappa shape index (κ2) is 29.6. The summed E-state index contributed by atoms with van der Waals surface area (Å²) in [4.78, 5) is 0. The van der Waals surface area contributed by atoms with Gasteiger partial charge in [0.2, 0.25) is 0 Å². The second-order valence-electron chi connectivity index (χ2n) is 0.638. The van der Waals surface area contributed by atoms with Gasteiger partial charge < -0.3 is 61.2 Å². The Kier molecular flexibility index (Phi) is 72.2. The summed E-state index contributed by atoms with van der Waals surface area (Å²) in [6.07, 6.45) is 0. The fourth-order valence-corrected chi connectivity index (χ4v) is 0. The van der Waals surface area contributed by atoms with Gasteiger partial charge in [0.1, 0.15) is 0 Å². The first-order chi connectivity index (χ1) is 4.46. The molecule has 0 aliphatic rings. The minimum atomic E-state index is 0.